The lowest BCUT2D eigenvalue weighted by Gasteiger charge is -2.33. The fourth-order valence-corrected chi connectivity index (χ4v) is 3.80. The van der Waals surface area contributed by atoms with Gasteiger partial charge in [0.15, 0.2) is 11.7 Å². The smallest absolute Gasteiger partial charge is 0.343 e. The summed E-state index contributed by atoms with van der Waals surface area (Å²) < 4.78 is 47.2. The summed E-state index contributed by atoms with van der Waals surface area (Å²) >= 11 is 0. The van der Waals surface area contributed by atoms with Crippen LogP contribution in [0, 0.1) is 11.6 Å². The van der Waals surface area contributed by atoms with Crippen LogP contribution in [0.25, 0.3) is 16.6 Å². The minimum atomic E-state index is -2.04. The molecular formula is C24H19F2NO7. The van der Waals surface area contributed by atoms with Crippen LogP contribution in [0.3, 0.4) is 0 Å². The molecule has 0 aliphatic carbocycles. The van der Waals surface area contributed by atoms with Gasteiger partial charge in [-0.3, -0.25) is 14.4 Å². The SMILES string of the molecule is CCOC(=O)c1cn(-c2ccccc2)c2c(F)c(C3C(=O)OC(C)(C)OC3=O)c(F)cc2c1=O. The molecule has 2 heterocycles. The van der Waals surface area contributed by atoms with Crippen molar-refractivity contribution in [3.63, 3.8) is 0 Å². The third-order valence-electron chi connectivity index (χ3n) is 5.20. The summed E-state index contributed by atoms with van der Waals surface area (Å²) in [5.41, 5.74) is -2.45. The first-order valence-corrected chi connectivity index (χ1v) is 10.3. The number of hydrogen-bond donors (Lipinski definition) is 0. The highest BCUT2D eigenvalue weighted by atomic mass is 19.1. The van der Waals surface area contributed by atoms with Gasteiger partial charge in [-0.15, -0.1) is 0 Å². The summed E-state index contributed by atoms with van der Waals surface area (Å²) in [5, 5.41) is -0.481. The molecule has 4 rings (SSSR count). The largest absolute Gasteiger partial charge is 0.462 e. The van der Waals surface area contributed by atoms with Crippen LogP contribution in [0.2, 0.25) is 0 Å². The lowest BCUT2D eigenvalue weighted by molar-refractivity contribution is -0.234. The van der Waals surface area contributed by atoms with Crippen LogP contribution < -0.4 is 5.43 Å². The van der Waals surface area contributed by atoms with E-state index < -0.39 is 68.7 Å². The Hall–Kier alpha value is -4.08. The number of aromatic nitrogens is 1. The maximum atomic E-state index is 15.9. The molecular weight excluding hydrogens is 452 g/mol. The molecule has 176 valence electrons. The van der Waals surface area contributed by atoms with E-state index in [2.05, 4.69) is 0 Å². The van der Waals surface area contributed by atoms with Crippen LogP contribution in [0.1, 0.15) is 42.6 Å². The van der Waals surface area contributed by atoms with E-state index >= 15 is 8.78 Å². The second-order valence-corrected chi connectivity index (χ2v) is 7.96. The molecule has 1 fully saturated rings. The molecule has 8 nitrogen and oxygen atoms in total. The molecule has 2 aromatic carbocycles. The van der Waals surface area contributed by atoms with Crippen molar-refractivity contribution in [2.45, 2.75) is 32.5 Å². The zero-order chi connectivity index (χ0) is 24.8. The summed E-state index contributed by atoms with van der Waals surface area (Å²) in [6.45, 7) is 4.13. The molecule has 0 amide bonds. The minimum Gasteiger partial charge on any atom is -0.462 e. The lowest BCUT2D eigenvalue weighted by Crippen LogP contribution is -2.45. The van der Waals surface area contributed by atoms with Crippen molar-refractivity contribution in [2.24, 2.45) is 0 Å². The Balaban J connectivity index is 2.06. The average molecular weight is 471 g/mol. The van der Waals surface area contributed by atoms with Crippen LogP contribution in [-0.2, 0) is 23.8 Å². The average Bonchev–Trinajstić information content (AvgIpc) is 2.76. The molecule has 10 heteroatoms. The third-order valence-corrected chi connectivity index (χ3v) is 5.20. The Bertz CT molecular complexity index is 1380. The molecule has 0 saturated carbocycles. The highest BCUT2D eigenvalue weighted by Crippen LogP contribution is 2.35. The predicted molar refractivity (Wildman–Crippen MR) is 114 cm³/mol. The van der Waals surface area contributed by atoms with Gasteiger partial charge in [0.2, 0.25) is 5.43 Å². The van der Waals surface area contributed by atoms with Crippen molar-refractivity contribution < 1.29 is 37.4 Å². The number of carbonyl (C=O) groups is 3. The minimum absolute atomic E-state index is 0.0223. The van der Waals surface area contributed by atoms with E-state index in [1.165, 1.54) is 13.8 Å². The van der Waals surface area contributed by atoms with E-state index in [-0.39, 0.29) is 6.61 Å². The van der Waals surface area contributed by atoms with Gasteiger partial charge in [-0.2, -0.15) is 0 Å². The maximum Gasteiger partial charge on any atom is 0.343 e. The molecule has 1 aromatic heterocycles. The van der Waals surface area contributed by atoms with Crippen molar-refractivity contribution >= 4 is 28.8 Å². The van der Waals surface area contributed by atoms with Gasteiger partial charge >= 0.3 is 17.9 Å². The van der Waals surface area contributed by atoms with E-state index in [4.69, 9.17) is 14.2 Å². The number of para-hydroxylation sites is 1. The number of pyridine rings is 1. The highest BCUT2D eigenvalue weighted by molar-refractivity contribution is 6.03. The molecule has 0 unspecified atom stereocenters. The predicted octanol–water partition coefficient (Wildman–Crippen LogP) is 3.37. The molecule has 0 N–H and O–H groups in total. The van der Waals surface area contributed by atoms with Crippen LogP contribution in [0.15, 0.2) is 47.4 Å². The van der Waals surface area contributed by atoms with E-state index in [0.717, 1.165) is 10.8 Å². The van der Waals surface area contributed by atoms with Crippen molar-refractivity contribution in [3.05, 3.63) is 75.6 Å². The normalized spacial score (nSPS) is 15.7. The number of benzene rings is 2. The third kappa shape index (κ3) is 3.81. The van der Waals surface area contributed by atoms with Crippen LogP contribution >= 0.6 is 0 Å². The summed E-state index contributed by atoms with van der Waals surface area (Å²) in [6, 6.07) is 8.75. The van der Waals surface area contributed by atoms with E-state index in [1.54, 1.807) is 37.3 Å². The number of fused-ring (bicyclic) bond motifs is 1. The number of carbonyl (C=O) groups excluding carboxylic acids is 3. The Morgan fingerprint density at radius 3 is 2.29 bits per heavy atom. The fraction of sp³-hybridized carbons (Fsp3) is 0.250. The highest BCUT2D eigenvalue weighted by Gasteiger charge is 2.47. The standard InChI is InChI=1S/C24H19F2NO7/c1-4-32-21(29)14-11-27(12-8-6-5-7-9-12)19-13(20(14)28)10-15(25)16(18(19)26)17-22(30)33-24(2,3)34-23(17)31/h5-11,17H,4H2,1-3H3. The van der Waals surface area contributed by atoms with Gasteiger partial charge in [0.1, 0.15) is 11.4 Å². The number of nitrogens with zero attached hydrogens (tertiary/aromatic N) is 1. The quantitative estimate of drug-likeness (QED) is 0.425. The van der Waals surface area contributed by atoms with Gasteiger partial charge in [0.25, 0.3) is 5.79 Å². The zero-order valence-electron chi connectivity index (χ0n) is 18.4. The Morgan fingerprint density at radius 1 is 1.09 bits per heavy atom. The van der Waals surface area contributed by atoms with E-state index in [9.17, 15) is 19.2 Å². The van der Waals surface area contributed by atoms with E-state index in [0.29, 0.717) is 11.8 Å². The molecule has 0 bridgehead atoms. The summed E-state index contributed by atoms with van der Waals surface area (Å²) in [7, 11) is 0. The maximum absolute atomic E-state index is 15.9. The monoisotopic (exact) mass is 471 g/mol. The number of rotatable bonds is 4. The number of esters is 3. The number of halogens is 2. The molecule has 0 radical (unpaired) electrons. The number of hydrogen-bond acceptors (Lipinski definition) is 7. The van der Waals surface area contributed by atoms with Crippen LogP contribution in [0.4, 0.5) is 8.78 Å². The summed E-state index contributed by atoms with van der Waals surface area (Å²) in [5.74, 6) is -9.70. The van der Waals surface area contributed by atoms with Crippen molar-refractivity contribution in [1.29, 1.82) is 0 Å². The van der Waals surface area contributed by atoms with Gasteiger partial charge in [-0.25, -0.2) is 13.6 Å². The van der Waals surface area contributed by atoms with Gasteiger partial charge in [0.05, 0.1) is 23.1 Å². The summed E-state index contributed by atoms with van der Waals surface area (Å²) in [6.07, 6.45) is 1.07. The van der Waals surface area contributed by atoms with Crippen molar-refractivity contribution in [3.8, 4) is 5.69 Å². The first-order valence-electron chi connectivity index (χ1n) is 10.3. The second kappa shape index (κ2) is 8.36. The lowest BCUT2D eigenvalue weighted by atomic mass is 9.94. The Labute approximate surface area is 191 Å². The number of ether oxygens (including phenoxy) is 3. The molecule has 1 aliphatic heterocycles. The molecule has 34 heavy (non-hydrogen) atoms. The fourth-order valence-electron chi connectivity index (χ4n) is 3.80. The molecule has 0 atom stereocenters. The first-order chi connectivity index (χ1) is 16.1. The second-order valence-electron chi connectivity index (χ2n) is 7.96. The topological polar surface area (TPSA) is 101 Å². The zero-order valence-corrected chi connectivity index (χ0v) is 18.4. The van der Waals surface area contributed by atoms with Crippen LogP contribution in [0.5, 0.6) is 0 Å². The van der Waals surface area contributed by atoms with Gasteiger partial charge in [-0.05, 0) is 25.1 Å². The van der Waals surface area contributed by atoms with E-state index in [1.807, 2.05) is 0 Å². The molecule has 3 aromatic rings. The van der Waals surface area contributed by atoms with Crippen molar-refractivity contribution in [1.82, 2.24) is 4.57 Å². The molecule has 1 aliphatic rings. The molecule has 0 spiro atoms. The summed E-state index contributed by atoms with van der Waals surface area (Å²) in [4.78, 5) is 50.4. The number of cyclic esters (lactones) is 2. The molecule has 1 saturated heterocycles. The Morgan fingerprint density at radius 2 is 1.71 bits per heavy atom. The first kappa shape index (κ1) is 23.1. The Kier molecular flexibility index (Phi) is 5.68. The van der Waals surface area contributed by atoms with Gasteiger partial charge in [-0.1, -0.05) is 18.2 Å². The van der Waals surface area contributed by atoms with Gasteiger partial charge in [0, 0.05) is 25.7 Å². The van der Waals surface area contributed by atoms with Crippen molar-refractivity contribution in [2.75, 3.05) is 6.61 Å². The van der Waals surface area contributed by atoms with Gasteiger partial charge < -0.3 is 18.8 Å². The van der Waals surface area contributed by atoms with Crippen LogP contribution in [-0.4, -0.2) is 34.9 Å².